The molecule has 0 aliphatic carbocycles. The zero-order valence-electron chi connectivity index (χ0n) is 15.4. The number of amides is 1. The van der Waals surface area contributed by atoms with E-state index in [0.717, 1.165) is 34.6 Å². The van der Waals surface area contributed by atoms with Crippen LogP contribution in [0.1, 0.15) is 11.2 Å². The summed E-state index contributed by atoms with van der Waals surface area (Å²) in [4.78, 5) is 33.9. The molecule has 1 unspecified atom stereocenters. The first-order valence-corrected chi connectivity index (χ1v) is 11.4. The maximum Gasteiger partial charge on any atom is 0.573 e. The zero-order valence-corrected chi connectivity index (χ0v) is 17.9. The van der Waals surface area contributed by atoms with Crippen LogP contribution in [-0.2, 0) is 9.36 Å². The highest BCUT2D eigenvalue weighted by Crippen LogP contribution is 2.55. The molecule has 0 bridgehead atoms. The van der Waals surface area contributed by atoms with E-state index < -0.39 is 31.3 Å². The average molecular weight is 492 g/mol. The largest absolute Gasteiger partial charge is 0.573 e. The van der Waals surface area contributed by atoms with Gasteiger partial charge in [-0.3, -0.25) is 14.3 Å². The molecule has 12 heteroatoms. The summed E-state index contributed by atoms with van der Waals surface area (Å²) >= 11 is 7.16. The van der Waals surface area contributed by atoms with Crippen LogP contribution in [0.4, 0.5) is 18.9 Å². The topological polar surface area (TPSA) is 87.1 Å². The summed E-state index contributed by atoms with van der Waals surface area (Å²) in [6, 6.07) is 9.14. The predicted octanol–water partition coefficient (Wildman–Crippen LogP) is 5.85. The normalized spacial score (nSPS) is 13.1. The first-order chi connectivity index (χ1) is 14.4. The van der Waals surface area contributed by atoms with Crippen LogP contribution >= 0.6 is 30.5 Å². The van der Waals surface area contributed by atoms with Crippen molar-refractivity contribution in [1.82, 2.24) is 0 Å². The molecular formula is C19H14ClF3NO5PS. The summed E-state index contributed by atoms with van der Waals surface area (Å²) < 4.78 is 54.4. The van der Waals surface area contributed by atoms with E-state index in [2.05, 4.69) is 11.3 Å². The molecule has 3 aromatic rings. The second kappa shape index (κ2) is 8.64. The molecule has 0 aliphatic rings. The Labute approximate surface area is 183 Å². The van der Waals surface area contributed by atoms with Crippen LogP contribution < -0.4 is 9.64 Å². The summed E-state index contributed by atoms with van der Waals surface area (Å²) in [7, 11) is -5.06. The van der Waals surface area contributed by atoms with Gasteiger partial charge in [-0.05, 0) is 46.7 Å². The Kier molecular flexibility index (Phi) is 6.50. The van der Waals surface area contributed by atoms with E-state index in [0.29, 0.717) is 15.1 Å². The summed E-state index contributed by atoms with van der Waals surface area (Å²) in [6.07, 6.45) is -4.00. The second-order valence-corrected chi connectivity index (χ2v) is 9.30. The third-order valence-corrected chi connectivity index (χ3v) is 6.57. The maximum atomic E-state index is 13.2. The lowest BCUT2D eigenvalue weighted by molar-refractivity contribution is -0.274. The minimum Gasteiger partial charge on any atom is -0.406 e. The van der Waals surface area contributed by atoms with Gasteiger partial charge in [0.05, 0.1) is 5.69 Å². The molecular weight excluding hydrogens is 478 g/mol. The van der Waals surface area contributed by atoms with Crippen molar-refractivity contribution >= 4 is 52.2 Å². The molecule has 2 aromatic carbocycles. The van der Waals surface area contributed by atoms with Crippen molar-refractivity contribution in [2.24, 2.45) is 0 Å². The molecule has 2 N–H and O–H groups in total. The highest BCUT2D eigenvalue weighted by atomic mass is 35.5. The molecule has 0 saturated carbocycles. The maximum absolute atomic E-state index is 13.2. The molecule has 1 atom stereocenters. The quantitative estimate of drug-likeness (QED) is 0.422. The molecule has 1 heterocycles. The number of rotatable bonds is 6. The van der Waals surface area contributed by atoms with E-state index in [4.69, 9.17) is 11.6 Å². The van der Waals surface area contributed by atoms with Crippen LogP contribution in [0.5, 0.6) is 5.75 Å². The average Bonchev–Trinajstić information content (AvgIpc) is 3.03. The molecule has 0 radical (unpaired) electrons. The first-order valence-electron chi connectivity index (χ1n) is 8.44. The molecule has 164 valence electrons. The van der Waals surface area contributed by atoms with Gasteiger partial charge in [-0.25, -0.2) is 0 Å². The van der Waals surface area contributed by atoms with Crippen LogP contribution in [-0.4, -0.2) is 22.1 Å². The van der Waals surface area contributed by atoms with Crippen molar-refractivity contribution in [3.05, 3.63) is 71.2 Å². The number of halogens is 4. The number of anilines is 1. The molecule has 3 rings (SSSR count). The molecule has 0 aliphatic heterocycles. The Morgan fingerprint density at radius 3 is 2.58 bits per heavy atom. The lowest BCUT2D eigenvalue weighted by atomic mass is 10.1. The number of carbonyl (C=O) groups is 1. The highest BCUT2D eigenvalue weighted by Gasteiger charge is 2.41. The van der Waals surface area contributed by atoms with Crippen LogP contribution in [0.15, 0.2) is 60.6 Å². The Hall–Kier alpha value is -2.36. The van der Waals surface area contributed by atoms with E-state index in [1.54, 1.807) is 12.1 Å². The van der Waals surface area contributed by atoms with Crippen LogP contribution in [0.25, 0.3) is 10.1 Å². The van der Waals surface area contributed by atoms with E-state index in [1.807, 2.05) is 0 Å². The molecule has 31 heavy (non-hydrogen) atoms. The lowest BCUT2D eigenvalue weighted by Crippen LogP contribution is -2.30. The SMILES string of the molecule is C=CN(C(=O)C(c1csc2ccc(Cl)cc12)P(=O)(O)O)c1cccc(OC(F)(F)F)c1. The molecule has 1 aromatic heterocycles. The number of alkyl halides is 3. The highest BCUT2D eigenvalue weighted by molar-refractivity contribution is 7.53. The van der Waals surface area contributed by atoms with Crippen molar-refractivity contribution in [2.75, 3.05) is 4.90 Å². The van der Waals surface area contributed by atoms with E-state index >= 15 is 0 Å². The van der Waals surface area contributed by atoms with E-state index in [1.165, 1.54) is 23.6 Å². The third-order valence-electron chi connectivity index (χ3n) is 4.18. The fraction of sp³-hybridized carbons (Fsp3) is 0.105. The minimum atomic E-state index is -5.06. The van der Waals surface area contributed by atoms with Crippen LogP contribution in [0.3, 0.4) is 0 Å². The molecule has 0 saturated heterocycles. The number of carbonyl (C=O) groups excluding carboxylic acids is 1. The Morgan fingerprint density at radius 1 is 1.26 bits per heavy atom. The number of thiophene rings is 1. The van der Waals surface area contributed by atoms with Crippen LogP contribution in [0.2, 0.25) is 5.02 Å². The van der Waals surface area contributed by atoms with E-state index in [-0.39, 0.29) is 11.3 Å². The minimum absolute atomic E-state index is 0.0513. The van der Waals surface area contributed by atoms with Gasteiger partial charge in [0.15, 0.2) is 5.66 Å². The molecule has 6 nitrogen and oxygen atoms in total. The summed E-state index contributed by atoms with van der Waals surface area (Å²) in [5, 5.41) is 2.13. The first kappa shape index (κ1) is 23.3. The van der Waals surface area contributed by atoms with Crippen molar-refractivity contribution < 1.29 is 37.1 Å². The van der Waals surface area contributed by atoms with Gasteiger partial charge in [-0.15, -0.1) is 24.5 Å². The summed E-state index contributed by atoms with van der Waals surface area (Å²) in [6.45, 7) is 3.46. The Balaban J connectivity index is 2.07. The fourth-order valence-corrected chi connectivity index (χ4v) is 5.20. The number of hydrogen-bond donors (Lipinski definition) is 2. The fourth-order valence-electron chi connectivity index (χ4n) is 2.98. The monoisotopic (exact) mass is 491 g/mol. The van der Waals surface area contributed by atoms with E-state index in [9.17, 15) is 32.3 Å². The Bertz CT molecular complexity index is 1190. The molecule has 1 amide bonds. The number of nitrogens with zero attached hydrogens (tertiary/aromatic N) is 1. The van der Waals surface area contributed by atoms with Gasteiger partial charge in [0.25, 0.3) is 5.91 Å². The van der Waals surface area contributed by atoms with Crippen molar-refractivity contribution in [2.45, 2.75) is 12.0 Å². The van der Waals surface area contributed by atoms with Gasteiger partial charge in [-0.2, -0.15) is 0 Å². The Morgan fingerprint density at radius 2 is 1.97 bits per heavy atom. The van der Waals surface area contributed by atoms with Gasteiger partial charge in [-0.1, -0.05) is 24.2 Å². The molecule has 0 spiro atoms. The number of fused-ring (bicyclic) bond motifs is 1. The van der Waals surface area contributed by atoms with Gasteiger partial charge < -0.3 is 14.5 Å². The van der Waals surface area contributed by atoms with Crippen molar-refractivity contribution in [3.8, 4) is 5.75 Å². The lowest BCUT2D eigenvalue weighted by Gasteiger charge is -2.25. The predicted molar refractivity (Wildman–Crippen MR) is 112 cm³/mol. The standard InChI is InChI=1S/C19H14ClF3NO5PS/c1-2-24(12-4-3-5-13(9-12)29-19(21,22)23)18(25)17(30(26,27)28)15-10-31-16-7-6-11(20)8-14(15)16/h2-10,17H,1H2,(H2,26,27,28). The van der Waals surface area contributed by atoms with Gasteiger partial charge in [0.2, 0.25) is 0 Å². The van der Waals surface area contributed by atoms with Crippen molar-refractivity contribution in [3.63, 3.8) is 0 Å². The second-order valence-electron chi connectivity index (χ2n) is 6.26. The number of ether oxygens (including phenoxy) is 1. The summed E-state index contributed by atoms with van der Waals surface area (Å²) in [5.74, 6) is -1.68. The van der Waals surface area contributed by atoms with Crippen LogP contribution in [0, 0.1) is 0 Å². The third kappa shape index (κ3) is 5.28. The van der Waals surface area contributed by atoms with Gasteiger partial charge >= 0.3 is 14.0 Å². The smallest absolute Gasteiger partial charge is 0.406 e. The zero-order chi connectivity index (χ0) is 23.0. The molecule has 0 fully saturated rings. The van der Waals surface area contributed by atoms with Crippen molar-refractivity contribution in [1.29, 1.82) is 0 Å². The number of hydrogen-bond acceptors (Lipinski definition) is 4. The van der Waals surface area contributed by atoms with Gasteiger partial charge in [0, 0.05) is 22.0 Å². The summed E-state index contributed by atoms with van der Waals surface area (Å²) in [5.41, 5.74) is -1.99. The van der Waals surface area contributed by atoms with Gasteiger partial charge in [0.1, 0.15) is 5.75 Å². The number of benzene rings is 2.